The molecular formula is C19H23ClN6O3. The van der Waals surface area contributed by atoms with Crippen molar-refractivity contribution in [1.82, 2.24) is 18.7 Å². The van der Waals surface area contributed by atoms with E-state index in [9.17, 15) is 14.4 Å². The van der Waals surface area contributed by atoms with Crippen molar-refractivity contribution in [3.05, 3.63) is 50.4 Å². The number of anilines is 2. The Morgan fingerprint density at radius 1 is 1.21 bits per heavy atom. The van der Waals surface area contributed by atoms with Gasteiger partial charge in [0, 0.05) is 46.8 Å². The number of benzene rings is 1. The van der Waals surface area contributed by atoms with E-state index in [2.05, 4.69) is 10.3 Å². The maximum atomic E-state index is 12.4. The molecule has 154 valence electrons. The number of nitrogens with one attached hydrogen (secondary N) is 1. The number of halogens is 1. The number of nitrogens with zero attached hydrogens (tertiary/aromatic N) is 5. The highest BCUT2D eigenvalue weighted by Crippen LogP contribution is 2.27. The number of fused-ring (bicyclic) bond motifs is 1. The standard InChI is InChI=1S/C19H23ClN6O3/c1-23(2)14-8-7-12(10-13(14)20)22-15(27)6-5-9-26-11-21-17-16(26)18(28)25(4)19(29)24(17)3/h7-8,10-11H,5-6,9H2,1-4H3,(H,22,27). The Morgan fingerprint density at radius 2 is 1.93 bits per heavy atom. The van der Waals surface area contributed by atoms with Crippen molar-refractivity contribution in [2.24, 2.45) is 14.1 Å². The molecule has 0 aliphatic carbocycles. The highest BCUT2D eigenvalue weighted by Gasteiger charge is 2.14. The minimum Gasteiger partial charge on any atom is -0.376 e. The molecule has 10 heteroatoms. The lowest BCUT2D eigenvalue weighted by Gasteiger charge is -2.15. The van der Waals surface area contributed by atoms with Crippen LogP contribution in [0.4, 0.5) is 11.4 Å². The minimum atomic E-state index is -0.425. The lowest BCUT2D eigenvalue weighted by Crippen LogP contribution is -2.37. The summed E-state index contributed by atoms with van der Waals surface area (Å²) >= 11 is 6.23. The summed E-state index contributed by atoms with van der Waals surface area (Å²) in [5.74, 6) is -0.150. The van der Waals surface area contributed by atoms with Gasteiger partial charge < -0.3 is 14.8 Å². The molecule has 2 heterocycles. The number of aromatic nitrogens is 4. The van der Waals surface area contributed by atoms with Gasteiger partial charge in [-0.15, -0.1) is 0 Å². The molecule has 0 atom stereocenters. The second-order valence-corrected chi connectivity index (χ2v) is 7.44. The fourth-order valence-electron chi connectivity index (χ4n) is 3.15. The summed E-state index contributed by atoms with van der Waals surface area (Å²) < 4.78 is 4.06. The summed E-state index contributed by atoms with van der Waals surface area (Å²) in [7, 11) is 6.79. The molecule has 0 aliphatic rings. The van der Waals surface area contributed by atoms with E-state index >= 15 is 0 Å². The van der Waals surface area contributed by atoms with E-state index < -0.39 is 11.2 Å². The van der Waals surface area contributed by atoms with Crippen LogP contribution in [0.15, 0.2) is 34.1 Å². The largest absolute Gasteiger partial charge is 0.376 e. The highest BCUT2D eigenvalue weighted by atomic mass is 35.5. The van der Waals surface area contributed by atoms with Crippen molar-refractivity contribution in [2.75, 3.05) is 24.3 Å². The Morgan fingerprint density at radius 3 is 2.59 bits per heavy atom. The maximum Gasteiger partial charge on any atom is 0.332 e. The van der Waals surface area contributed by atoms with Gasteiger partial charge in [0.15, 0.2) is 11.2 Å². The van der Waals surface area contributed by atoms with Crippen molar-refractivity contribution < 1.29 is 4.79 Å². The highest BCUT2D eigenvalue weighted by molar-refractivity contribution is 6.33. The Hall–Kier alpha value is -3.07. The number of rotatable bonds is 6. The molecule has 0 unspecified atom stereocenters. The summed E-state index contributed by atoms with van der Waals surface area (Å²) in [5.41, 5.74) is 1.35. The average molecular weight is 419 g/mol. The molecule has 1 aromatic carbocycles. The van der Waals surface area contributed by atoms with Gasteiger partial charge in [0.2, 0.25) is 5.91 Å². The summed E-state index contributed by atoms with van der Waals surface area (Å²) in [5, 5.41) is 3.38. The lowest BCUT2D eigenvalue weighted by atomic mass is 10.2. The van der Waals surface area contributed by atoms with Crippen molar-refractivity contribution in [3.63, 3.8) is 0 Å². The van der Waals surface area contributed by atoms with Crippen LogP contribution >= 0.6 is 11.6 Å². The Kier molecular flexibility index (Phi) is 5.78. The molecule has 2 aromatic heterocycles. The molecule has 3 aromatic rings. The van der Waals surface area contributed by atoms with Crippen molar-refractivity contribution in [3.8, 4) is 0 Å². The van der Waals surface area contributed by atoms with Gasteiger partial charge in [0.05, 0.1) is 17.0 Å². The van der Waals surface area contributed by atoms with Crippen LogP contribution in [0.2, 0.25) is 5.02 Å². The third kappa shape index (κ3) is 4.04. The summed E-state index contributed by atoms with van der Waals surface area (Å²) in [4.78, 5) is 42.7. The molecular weight excluding hydrogens is 396 g/mol. The molecule has 0 aliphatic heterocycles. The number of carbonyl (C=O) groups excluding carboxylic acids is 1. The maximum absolute atomic E-state index is 12.4. The topological polar surface area (TPSA) is 94.2 Å². The first-order valence-electron chi connectivity index (χ1n) is 9.08. The van der Waals surface area contributed by atoms with Gasteiger partial charge in [-0.2, -0.15) is 0 Å². The predicted octanol–water partition coefficient (Wildman–Crippen LogP) is 1.57. The Bertz CT molecular complexity index is 1190. The van der Waals surface area contributed by atoms with Gasteiger partial charge in [-0.1, -0.05) is 11.6 Å². The predicted molar refractivity (Wildman–Crippen MR) is 114 cm³/mol. The monoisotopic (exact) mass is 418 g/mol. The van der Waals surface area contributed by atoms with Crippen molar-refractivity contribution in [1.29, 1.82) is 0 Å². The van der Waals surface area contributed by atoms with Gasteiger partial charge in [0.25, 0.3) is 5.56 Å². The molecule has 0 spiro atoms. The molecule has 29 heavy (non-hydrogen) atoms. The summed E-state index contributed by atoms with van der Waals surface area (Å²) in [6.07, 6.45) is 2.29. The van der Waals surface area contributed by atoms with Gasteiger partial charge in [0.1, 0.15) is 0 Å². The number of hydrogen-bond acceptors (Lipinski definition) is 5. The first kappa shape index (κ1) is 20.7. The van der Waals surface area contributed by atoms with Gasteiger partial charge in [-0.05, 0) is 24.6 Å². The van der Waals surface area contributed by atoms with E-state index in [-0.39, 0.29) is 12.3 Å². The minimum absolute atomic E-state index is 0.150. The van der Waals surface area contributed by atoms with Crippen molar-refractivity contribution >= 4 is 40.0 Å². The fraction of sp³-hybridized carbons (Fsp3) is 0.368. The van der Waals surface area contributed by atoms with E-state index in [0.29, 0.717) is 34.8 Å². The fourth-order valence-corrected chi connectivity index (χ4v) is 3.50. The molecule has 0 radical (unpaired) electrons. The van der Waals surface area contributed by atoms with E-state index in [4.69, 9.17) is 11.6 Å². The third-order valence-electron chi connectivity index (χ3n) is 4.73. The van der Waals surface area contributed by atoms with Crippen LogP contribution in [0.3, 0.4) is 0 Å². The first-order chi connectivity index (χ1) is 13.7. The smallest absolute Gasteiger partial charge is 0.332 e. The van der Waals surface area contributed by atoms with E-state index in [0.717, 1.165) is 10.3 Å². The van der Waals surface area contributed by atoms with Crippen LogP contribution in [0.25, 0.3) is 11.2 Å². The van der Waals surface area contributed by atoms with E-state index in [1.165, 1.54) is 17.9 Å². The van der Waals surface area contributed by atoms with E-state index in [1.807, 2.05) is 25.1 Å². The van der Waals surface area contributed by atoms with Gasteiger partial charge in [-0.3, -0.25) is 18.7 Å². The van der Waals surface area contributed by atoms with Crippen LogP contribution in [0, 0.1) is 0 Å². The number of carbonyl (C=O) groups is 1. The normalized spacial score (nSPS) is 11.1. The van der Waals surface area contributed by atoms with Crippen LogP contribution in [0.5, 0.6) is 0 Å². The zero-order valence-corrected chi connectivity index (χ0v) is 17.5. The van der Waals surface area contributed by atoms with E-state index in [1.54, 1.807) is 23.7 Å². The van der Waals surface area contributed by atoms with Crippen LogP contribution in [0.1, 0.15) is 12.8 Å². The zero-order valence-electron chi connectivity index (χ0n) is 16.8. The molecule has 3 rings (SSSR count). The molecule has 1 N–H and O–H groups in total. The van der Waals surface area contributed by atoms with Crippen LogP contribution in [-0.2, 0) is 25.4 Å². The second kappa shape index (κ2) is 8.12. The number of amides is 1. The number of imidazole rings is 1. The van der Waals surface area contributed by atoms with Crippen molar-refractivity contribution in [2.45, 2.75) is 19.4 Å². The van der Waals surface area contributed by atoms with Crippen LogP contribution < -0.4 is 21.5 Å². The van der Waals surface area contributed by atoms with Crippen LogP contribution in [-0.4, -0.2) is 38.7 Å². The summed E-state index contributed by atoms with van der Waals surface area (Å²) in [6.45, 7) is 0.428. The molecule has 9 nitrogen and oxygen atoms in total. The quantitative estimate of drug-likeness (QED) is 0.655. The molecule has 0 fully saturated rings. The number of aryl methyl sites for hydroxylation is 2. The third-order valence-corrected chi connectivity index (χ3v) is 5.04. The molecule has 0 bridgehead atoms. The SMILES string of the molecule is CN(C)c1ccc(NC(=O)CCCn2cnc3c2c(=O)n(C)c(=O)n3C)cc1Cl. The second-order valence-electron chi connectivity index (χ2n) is 7.03. The lowest BCUT2D eigenvalue weighted by molar-refractivity contribution is -0.116. The Balaban J connectivity index is 1.66. The van der Waals surface area contributed by atoms with Gasteiger partial charge in [-0.25, -0.2) is 9.78 Å². The molecule has 1 amide bonds. The Labute approximate surface area is 172 Å². The molecule has 0 saturated heterocycles. The zero-order chi connectivity index (χ0) is 21.3. The molecule has 0 saturated carbocycles. The van der Waals surface area contributed by atoms with Gasteiger partial charge >= 0.3 is 5.69 Å². The average Bonchev–Trinajstić information content (AvgIpc) is 3.08. The number of hydrogen-bond donors (Lipinski definition) is 1. The first-order valence-corrected chi connectivity index (χ1v) is 9.46. The summed E-state index contributed by atoms with van der Waals surface area (Å²) in [6, 6.07) is 5.35.